The van der Waals surface area contributed by atoms with Crippen LogP contribution in [0, 0.1) is 0 Å². The largest absolute Gasteiger partial charge is 0.508 e. The highest BCUT2D eigenvalue weighted by atomic mass is 16.8. The maximum Gasteiger partial charge on any atom is 0.212 e. The summed E-state index contributed by atoms with van der Waals surface area (Å²) in [5.41, 5.74) is 5.41. The Hall–Kier alpha value is -2.10. The number of phenols is 1. The molecule has 0 aromatic heterocycles. The zero-order valence-electron chi connectivity index (χ0n) is 9.76. The van der Waals surface area contributed by atoms with Crippen molar-refractivity contribution in [1.82, 2.24) is 5.48 Å². The van der Waals surface area contributed by atoms with Crippen molar-refractivity contribution in [3.63, 3.8) is 0 Å². The van der Waals surface area contributed by atoms with Crippen molar-refractivity contribution < 1.29 is 9.94 Å². The van der Waals surface area contributed by atoms with E-state index in [9.17, 15) is 5.11 Å². The summed E-state index contributed by atoms with van der Waals surface area (Å²) in [4.78, 5) is 5.42. The Morgan fingerprint density at radius 2 is 1.50 bits per heavy atom. The number of hydrogen-bond acceptors (Lipinski definition) is 3. The molecule has 1 saturated heterocycles. The predicted molar refractivity (Wildman–Crippen MR) is 69.6 cm³/mol. The summed E-state index contributed by atoms with van der Waals surface area (Å²) in [6, 6.07) is 15.0. The standard InChI is InChI=1S/C15H13NO2/c1-2-11-3-5-12(6-4-11)15(16-18-15)13-7-9-14(17)10-8-13/h2-10,16-17H,1H2. The van der Waals surface area contributed by atoms with Gasteiger partial charge in [0.25, 0.3) is 0 Å². The first kappa shape index (κ1) is 11.0. The molecule has 90 valence electrons. The molecule has 0 spiro atoms. The minimum atomic E-state index is -0.576. The Bertz CT molecular complexity index is 568. The van der Waals surface area contributed by atoms with Crippen molar-refractivity contribution in [2.45, 2.75) is 5.72 Å². The van der Waals surface area contributed by atoms with Crippen LogP contribution in [0.3, 0.4) is 0 Å². The van der Waals surface area contributed by atoms with Crippen LogP contribution < -0.4 is 5.48 Å². The van der Waals surface area contributed by atoms with Crippen LogP contribution in [0.4, 0.5) is 0 Å². The Morgan fingerprint density at radius 3 is 1.94 bits per heavy atom. The summed E-state index contributed by atoms with van der Waals surface area (Å²) >= 11 is 0. The van der Waals surface area contributed by atoms with E-state index in [1.54, 1.807) is 18.2 Å². The molecule has 1 aliphatic heterocycles. The van der Waals surface area contributed by atoms with Gasteiger partial charge in [-0.2, -0.15) is 5.48 Å². The summed E-state index contributed by atoms with van der Waals surface area (Å²) in [6.07, 6.45) is 1.80. The van der Waals surface area contributed by atoms with Crippen LogP contribution in [-0.2, 0) is 10.6 Å². The maximum absolute atomic E-state index is 9.31. The fraction of sp³-hybridized carbons (Fsp3) is 0.0667. The minimum absolute atomic E-state index is 0.247. The second-order valence-corrected chi connectivity index (χ2v) is 4.26. The van der Waals surface area contributed by atoms with Gasteiger partial charge in [0.15, 0.2) is 0 Å². The first-order valence-electron chi connectivity index (χ1n) is 5.72. The quantitative estimate of drug-likeness (QED) is 0.810. The van der Waals surface area contributed by atoms with Crippen molar-refractivity contribution in [2.75, 3.05) is 0 Å². The lowest BCUT2D eigenvalue weighted by Crippen LogP contribution is -2.14. The summed E-state index contributed by atoms with van der Waals surface area (Å²) in [5, 5.41) is 9.31. The number of benzene rings is 2. The maximum atomic E-state index is 9.31. The lowest BCUT2D eigenvalue weighted by molar-refractivity contribution is 0.326. The van der Waals surface area contributed by atoms with Crippen LogP contribution in [0.1, 0.15) is 16.7 Å². The molecule has 1 fully saturated rings. The average Bonchev–Trinajstić information content (AvgIpc) is 3.21. The van der Waals surface area contributed by atoms with Crippen LogP contribution in [0.5, 0.6) is 5.75 Å². The van der Waals surface area contributed by atoms with Crippen molar-refractivity contribution in [3.05, 3.63) is 71.8 Å². The van der Waals surface area contributed by atoms with E-state index in [1.807, 2.05) is 36.4 Å². The molecule has 3 nitrogen and oxygen atoms in total. The Balaban J connectivity index is 1.99. The highest BCUT2D eigenvalue weighted by molar-refractivity contribution is 5.49. The van der Waals surface area contributed by atoms with Crippen molar-refractivity contribution >= 4 is 6.08 Å². The molecule has 1 unspecified atom stereocenters. The van der Waals surface area contributed by atoms with Gasteiger partial charge in [-0.25, -0.2) is 0 Å². The molecular formula is C15H13NO2. The van der Waals surface area contributed by atoms with E-state index in [0.717, 1.165) is 16.7 Å². The molecule has 2 N–H and O–H groups in total. The number of hydroxylamine groups is 1. The fourth-order valence-corrected chi connectivity index (χ4v) is 2.00. The van der Waals surface area contributed by atoms with Crippen LogP contribution in [0.2, 0.25) is 0 Å². The first-order valence-corrected chi connectivity index (χ1v) is 5.72. The van der Waals surface area contributed by atoms with E-state index >= 15 is 0 Å². The number of nitrogens with one attached hydrogen (secondary N) is 1. The molecule has 18 heavy (non-hydrogen) atoms. The van der Waals surface area contributed by atoms with Gasteiger partial charge in [0.1, 0.15) is 5.75 Å². The molecule has 3 rings (SSSR count). The van der Waals surface area contributed by atoms with Crippen LogP contribution in [-0.4, -0.2) is 5.11 Å². The summed E-state index contributed by atoms with van der Waals surface area (Å²) < 4.78 is 0. The second-order valence-electron chi connectivity index (χ2n) is 4.26. The van der Waals surface area contributed by atoms with Gasteiger partial charge in [0, 0.05) is 11.1 Å². The molecule has 0 radical (unpaired) electrons. The number of rotatable bonds is 3. The van der Waals surface area contributed by atoms with Gasteiger partial charge in [0.05, 0.1) is 0 Å². The lowest BCUT2D eigenvalue weighted by atomic mass is 9.96. The lowest BCUT2D eigenvalue weighted by Gasteiger charge is -2.11. The van der Waals surface area contributed by atoms with E-state index in [0.29, 0.717) is 0 Å². The third-order valence-electron chi connectivity index (χ3n) is 3.13. The molecule has 2 aromatic rings. The Morgan fingerprint density at radius 1 is 1.00 bits per heavy atom. The minimum Gasteiger partial charge on any atom is -0.508 e. The van der Waals surface area contributed by atoms with E-state index in [-0.39, 0.29) is 5.75 Å². The van der Waals surface area contributed by atoms with E-state index in [1.165, 1.54) is 0 Å². The molecule has 1 heterocycles. The summed E-state index contributed by atoms with van der Waals surface area (Å²) in [5.74, 6) is 0.247. The third-order valence-corrected chi connectivity index (χ3v) is 3.13. The van der Waals surface area contributed by atoms with Gasteiger partial charge < -0.3 is 5.11 Å². The molecular weight excluding hydrogens is 226 g/mol. The zero-order valence-corrected chi connectivity index (χ0v) is 9.76. The summed E-state index contributed by atoms with van der Waals surface area (Å²) in [6.45, 7) is 3.73. The molecule has 1 aliphatic rings. The molecule has 1 atom stereocenters. The predicted octanol–water partition coefficient (Wildman–Crippen LogP) is 2.77. The van der Waals surface area contributed by atoms with Crippen LogP contribution in [0.15, 0.2) is 55.1 Å². The molecule has 0 aliphatic carbocycles. The number of phenolic OH excluding ortho intramolecular Hbond substituents is 1. The van der Waals surface area contributed by atoms with Crippen LogP contribution >= 0.6 is 0 Å². The topological polar surface area (TPSA) is 54.7 Å². The van der Waals surface area contributed by atoms with Gasteiger partial charge >= 0.3 is 0 Å². The van der Waals surface area contributed by atoms with Gasteiger partial charge in [-0.1, -0.05) is 49.1 Å². The van der Waals surface area contributed by atoms with Gasteiger partial charge in [-0.05, 0) is 17.7 Å². The molecule has 0 bridgehead atoms. The van der Waals surface area contributed by atoms with Crippen molar-refractivity contribution in [1.29, 1.82) is 0 Å². The van der Waals surface area contributed by atoms with Crippen LogP contribution in [0.25, 0.3) is 6.08 Å². The average molecular weight is 239 g/mol. The zero-order chi connectivity index (χ0) is 12.6. The molecule has 0 saturated carbocycles. The van der Waals surface area contributed by atoms with Gasteiger partial charge in [-0.3, -0.25) is 4.84 Å². The summed E-state index contributed by atoms with van der Waals surface area (Å²) in [7, 11) is 0. The van der Waals surface area contributed by atoms with Crippen molar-refractivity contribution in [3.8, 4) is 5.75 Å². The first-order chi connectivity index (χ1) is 8.74. The Kier molecular flexibility index (Phi) is 2.44. The normalized spacial score (nSPS) is 21.6. The fourth-order valence-electron chi connectivity index (χ4n) is 2.00. The smallest absolute Gasteiger partial charge is 0.212 e. The molecule has 3 heteroatoms. The van der Waals surface area contributed by atoms with Gasteiger partial charge in [-0.15, -0.1) is 0 Å². The number of hydrogen-bond donors (Lipinski definition) is 2. The highest BCUT2D eigenvalue weighted by Crippen LogP contribution is 2.40. The third kappa shape index (κ3) is 1.70. The van der Waals surface area contributed by atoms with E-state index in [4.69, 9.17) is 4.84 Å². The van der Waals surface area contributed by atoms with Gasteiger partial charge in [0.2, 0.25) is 5.72 Å². The number of aromatic hydroxyl groups is 1. The second kappa shape index (κ2) is 3.98. The monoisotopic (exact) mass is 239 g/mol. The van der Waals surface area contributed by atoms with E-state index < -0.39 is 5.72 Å². The van der Waals surface area contributed by atoms with E-state index in [2.05, 4.69) is 12.1 Å². The molecule has 2 aromatic carbocycles. The van der Waals surface area contributed by atoms with Crippen molar-refractivity contribution in [2.24, 2.45) is 0 Å². The SMILES string of the molecule is C=Cc1ccc(C2(c3ccc(O)cc3)NO2)cc1. The highest BCUT2D eigenvalue weighted by Gasteiger charge is 2.48. The Labute approximate surface area is 105 Å². The molecule has 0 amide bonds.